The average Bonchev–Trinajstić information content (AvgIpc) is 3.03. The molecular weight excluding hydrogens is 495 g/mol. The molecule has 1 aliphatic heterocycles. The summed E-state index contributed by atoms with van der Waals surface area (Å²) in [5.41, 5.74) is -1.55. The summed E-state index contributed by atoms with van der Waals surface area (Å²) >= 11 is 7.12. The Morgan fingerprint density at radius 2 is 2.00 bits per heavy atom. The maximum absolute atomic E-state index is 13.8. The molecule has 3 heterocycles. The van der Waals surface area contributed by atoms with Gasteiger partial charge < -0.3 is 19.5 Å². The number of hydrogen-bond acceptors (Lipinski definition) is 5. The first-order valence-electron chi connectivity index (χ1n) is 10.1. The summed E-state index contributed by atoms with van der Waals surface area (Å²) in [6, 6.07) is 2.20. The number of nitrogens with zero attached hydrogens (tertiary/aromatic N) is 2. The Balaban J connectivity index is 1.64. The number of pyridine rings is 1. The van der Waals surface area contributed by atoms with Gasteiger partial charge in [0.2, 0.25) is 0 Å². The van der Waals surface area contributed by atoms with Crippen LogP contribution in [0.25, 0.3) is 0 Å². The average molecular weight is 516 g/mol. The van der Waals surface area contributed by atoms with Crippen LogP contribution in [0.3, 0.4) is 0 Å². The van der Waals surface area contributed by atoms with Crippen LogP contribution in [-0.2, 0) is 11.3 Å². The van der Waals surface area contributed by atoms with E-state index in [9.17, 15) is 27.6 Å². The quantitative estimate of drug-likeness (QED) is 0.611. The van der Waals surface area contributed by atoms with Gasteiger partial charge in [0, 0.05) is 25.4 Å². The Morgan fingerprint density at radius 1 is 1.32 bits per heavy atom. The van der Waals surface area contributed by atoms with Crippen LogP contribution < -0.4 is 10.9 Å². The van der Waals surface area contributed by atoms with Gasteiger partial charge in [-0.1, -0.05) is 23.4 Å². The topological polar surface area (TPSA) is 80.6 Å². The van der Waals surface area contributed by atoms with Gasteiger partial charge in [-0.25, -0.2) is 18.0 Å². The molecule has 0 bridgehead atoms. The van der Waals surface area contributed by atoms with Gasteiger partial charge in [0.1, 0.15) is 9.94 Å². The molecule has 1 aliphatic rings. The number of carbonyl (C=O) groups excluding carboxylic acids is 2. The van der Waals surface area contributed by atoms with E-state index in [1.165, 1.54) is 11.0 Å². The van der Waals surface area contributed by atoms with E-state index in [4.69, 9.17) is 16.3 Å². The number of rotatable bonds is 4. The number of alkyl halides is 2. The highest BCUT2D eigenvalue weighted by Crippen LogP contribution is 2.28. The second-order valence-corrected chi connectivity index (χ2v) is 10.2. The van der Waals surface area contributed by atoms with Crippen molar-refractivity contribution in [3.8, 4) is 11.8 Å². The molecule has 1 N–H and O–H groups in total. The van der Waals surface area contributed by atoms with Crippen molar-refractivity contribution < 1.29 is 27.5 Å². The van der Waals surface area contributed by atoms with Crippen LogP contribution in [0.2, 0.25) is 4.34 Å². The smallest absolute Gasteiger partial charge is 0.410 e. The predicted octanol–water partition coefficient (Wildman–Crippen LogP) is 4.44. The molecule has 1 fully saturated rings. The van der Waals surface area contributed by atoms with Crippen molar-refractivity contribution >= 4 is 40.6 Å². The molecule has 34 heavy (non-hydrogen) atoms. The van der Waals surface area contributed by atoms with Crippen LogP contribution in [0.15, 0.2) is 23.1 Å². The van der Waals surface area contributed by atoms with Crippen LogP contribution >= 0.6 is 22.9 Å². The lowest BCUT2D eigenvalue weighted by Gasteiger charge is -2.37. The highest BCUT2D eigenvalue weighted by molar-refractivity contribution is 7.18. The predicted molar refractivity (Wildman–Crippen MR) is 122 cm³/mol. The van der Waals surface area contributed by atoms with Crippen molar-refractivity contribution in [2.45, 2.75) is 39.3 Å². The van der Waals surface area contributed by atoms with Crippen LogP contribution in [0, 0.1) is 23.6 Å². The number of likely N-dealkylation sites (tertiary alicyclic amines) is 1. The van der Waals surface area contributed by atoms with Crippen molar-refractivity contribution in [2.75, 3.05) is 18.4 Å². The number of amides is 2. The summed E-state index contributed by atoms with van der Waals surface area (Å²) in [5, 5.41) is 2.37. The molecule has 0 aromatic carbocycles. The fourth-order valence-electron chi connectivity index (χ4n) is 2.94. The van der Waals surface area contributed by atoms with Gasteiger partial charge >= 0.3 is 6.09 Å². The van der Waals surface area contributed by atoms with Crippen molar-refractivity contribution in [3.05, 3.63) is 49.3 Å². The van der Waals surface area contributed by atoms with Crippen LogP contribution in [0.4, 0.5) is 23.7 Å². The number of hydrogen-bond donors (Lipinski definition) is 1. The van der Waals surface area contributed by atoms with E-state index in [2.05, 4.69) is 17.2 Å². The Bertz CT molecular complexity index is 1220. The maximum Gasteiger partial charge on any atom is 0.410 e. The molecule has 2 aromatic heterocycles. The van der Waals surface area contributed by atoms with Gasteiger partial charge in [0.15, 0.2) is 5.82 Å². The summed E-state index contributed by atoms with van der Waals surface area (Å²) in [7, 11) is 0. The second kappa shape index (κ2) is 10.1. The molecule has 0 saturated carbocycles. The summed E-state index contributed by atoms with van der Waals surface area (Å²) < 4.78 is 45.0. The molecule has 1 saturated heterocycles. The third-order valence-electron chi connectivity index (χ3n) is 4.49. The van der Waals surface area contributed by atoms with Crippen molar-refractivity contribution in [2.24, 2.45) is 5.92 Å². The van der Waals surface area contributed by atoms with E-state index >= 15 is 0 Å². The number of ether oxygens (including phenoxy) is 1. The SMILES string of the molecule is CC(C)(C)OC(=O)N1CC(C#Cc2cc(C(=O)Nc3cc(F)c(=O)n(CC(F)F)c3)sc2Cl)C1. The zero-order valence-corrected chi connectivity index (χ0v) is 20.0. The van der Waals surface area contributed by atoms with E-state index in [0.29, 0.717) is 23.2 Å². The Kier molecular flexibility index (Phi) is 7.63. The second-order valence-electron chi connectivity index (χ2n) is 8.53. The minimum absolute atomic E-state index is 0.0698. The Morgan fingerprint density at radius 3 is 2.62 bits per heavy atom. The first-order valence-corrected chi connectivity index (χ1v) is 11.3. The van der Waals surface area contributed by atoms with Gasteiger partial charge in [-0.05, 0) is 26.8 Å². The Labute approximate surface area is 202 Å². The van der Waals surface area contributed by atoms with Crippen molar-refractivity contribution in [1.82, 2.24) is 9.47 Å². The van der Waals surface area contributed by atoms with Crippen LogP contribution in [0.1, 0.15) is 36.0 Å². The molecule has 0 spiro atoms. The molecule has 0 radical (unpaired) electrons. The number of carbonyl (C=O) groups is 2. The normalized spacial score (nSPS) is 13.8. The molecule has 3 rings (SSSR count). The molecular formula is C22H21ClF3N3O4S. The summed E-state index contributed by atoms with van der Waals surface area (Å²) in [6.45, 7) is 5.17. The first kappa shape index (κ1) is 25.6. The van der Waals surface area contributed by atoms with Crippen molar-refractivity contribution in [1.29, 1.82) is 0 Å². The molecule has 2 aromatic rings. The molecule has 0 atom stereocenters. The third kappa shape index (κ3) is 6.55. The zero-order chi connectivity index (χ0) is 25.2. The first-order chi connectivity index (χ1) is 15.8. The summed E-state index contributed by atoms with van der Waals surface area (Å²) in [5.74, 6) is 3.88. The molecule has 182 valence electrons. The lowest BCUT2D eigenvalue weighted by Crippen LogP contribution is -2.51. The van der Waals surface area contributed by atoms with Crippen molar-refractivity contribution in [3.63, 3.8) is 0 Å². The van der Waals surface area contributed by atoms with Crippen LogP contribution in [-0.4, -0.2) is 46.6 Å². The number of aromatic nitrogens is 1. The molecule has 12 heteroatoms. The fourth-order valence-corrected chi connectivity index (χ4v) is 4.02. The minimum Gasteiger partial charge on any atom is -0.444 e. The maximum atomic E-state index is 13.8. The molecule has 0 aliphatic carbocycles. The number of nitrogens with one attached hydrogen (secondary N) is 1. The van der Waals surface area contributed by atoms with E-state index in [-0.39, 0.29) is 20.8 Å². The molecule has 0 unspecified atom stereocenters. The number of halogens is 4. The highest BCUT2D eigenvalue weighted by Gasteiger charge is 2.32. The number of thiophene rings is 1. The van der Waals surface area contributed by atoms with Gasteiger partial charge in [0.05, 0.1) is 28.6 Å². The summed E-state index contributed by atoms with van der Waals surface area (Å²) in [4.78, 5) is 37.8. The van der Waals surface area contributed by atoms with Crippen LogP contribution in [0.5, 0.6) is 0 Å². The lowest BCUT2D eigenvalue weighted by molar-refractivity contribution is 0.00590. The largest absolute Gasteiger partial charge is 0.444 e. The fraction of sp³-hybridized carbons (Fsp3) is 0.409. The summed E-state index contributed by atoms with van der Waals surface area (Å²) in [6.07, 6.45) is -2.33. The molecule has 7 nitrogen and oxygen atoms in total. The van der Waals surface area contributed by atoms with Gasteiger partial charge in [0.25, 0.3) is 17.9 Å². The van der Waals surface area contributed by atoms with Gasteiger partial charge in [-0.3, -0.25) is 9.59 Å². The lowest BCUT2D eigenvalue weighted by atomic mass is 10.0. The van der Waals surface area contributed by atoms with E-state index in [0.717, 1.165) is 23.6 Å². The minimum atomic E-state index is -2.87. The monoisotopic (exact) mass is 515 g/mol. The van der Waals surface area contributed by atoms with Gasteiger partial charge in [-0.2, -0.15) is 0 Å². The third-order valence-corrected chi connectivity index (χ3v) is 5.85. The van der Waals surface area contributed by atoms with E-state index < -0.39 is 41.9 Å². The molecule has 2 amide bonds. The highest BCUT2D eigenvalue weighted by atomic mass is 35.5. The van der Waals surface area contributed by atoms with Gasteiger partial charge in [-0.15, -0.1) is 11.3 Å². The standard InChI is InChI=1S/C22H21ClF3N3O4S/c1-22(2,3)33-21(32)29-8-12(9-29)4-5-13-6-16(34-18(13)23)19(30)27-14-7-15(24)20(31)28(10-14)11-17(25)26/h6-7,10,12,17H,8-9,11H2,1-3H3,(H,27,30). The Hall–Kier alpha value is -2.97. The number of anilines is 1. The zero-order valence-electron chi connectivity index (χ0n) is 18.5. The van der Waals surface area contributed by atoms with E-state index in [1.54, 1.807) is 20.8 Å². The van der Waals surface area contributed by atoms with E-state index in [1.807, 2.05) is 0 Å².